The van der Waals surface area contributed by atoms with Crippen LogP contribution in [0.2, 0.25) is 0 Å². The molecule has 0 heterocycles. The molecule has 2 atom stereocenters. The molecular formula is C7H15NO3S. The minimum absolute atomic E-state index is 0.123. The van der Waals surface area contributed by atoms with Crippen LogP contribution in [0.4, 0.5) is 0 Å². The van der Waals surface area contributed by atoms with Gasteiger partial charge in [0.15, 0.2) is 0 Å². The van der Waals surface area contributed by atoms with E-state index in [0.29, 0.717) is 6.42 Å². The predicted molar refractivity (Wildman–Crippen MR) is 46.4 cm³/mol. The second kappa shape index (κ2) is 3.72. The van der Waals surface area contributed by atoms with Crippen molar-refractivity contribution in [1.29, 1.82) is 0 Å². The second-order valence-electron chi connectivity index (χ2n) is 2.99. The highest BCUT2D eigenvalue weighted by atomic mass is 32.2. The molecule has 0 aliphatic heterocycles. The molecule has 1 fully saturated rings. The van der Waals surface area contributed by atoms with Crippen molar-refractivity contribution in [1.82, 2.24) is 4.72 Å². The van der Waals surface area contributed by atoms with E-state index in [0.717, 1.165) is 12.8 Å². The molecule has 0 bridgehead atoms. The van der Waals surface area contributed by atoms with Crippen molar-refractivity contribution in [3.63, 3.8) is 0 Å². The summed E-state index contributed by atoms with van der Waals surface area (Å²) in [4.78, 5) is 0. The number of nitrogens with one attached hydrogen (secondary N) is 1. The largest absolute Gasteiger partial charge is 0.380 e. The van der Waals surface area contributed by atoms with Crippen molar-refractivity contribution in [3.05, 3.63) is 0 Å². The molecule has 0 aromatic heterocycles. The average Bonchev–Trinajstić information content (AvgIpc) is 2.52. The molecule has 0 aromatic carbocycles. The highest BCUT2D eigenvalue weighted by molar-refractivity contribution is 7.90. The molecule has 1 rings (SSSR count). The van der Waals surface area contributed by atoms with Crippen LogP contribution in [0.15, 0.2) is 0 Å². The zero-order valence-corrected chi connectivity index (χ0v) is 8.23. The first kappa shape index (κ1) is 9.95. The Kier molecular flexibility index (Phi) is 3.09. The van der Waals surface area contributed by atoms with Gasteiger partial charge in [-0.1, -0.05) is 0 Å². The second-order valence-corrected chi connectivity index (χ2v) is 5.10. The minimum atomic E-state index is -3.13. The number of sulfonamides is 1. The lowest BCUT2D eigenvalue weighted by atomic mass is 10.3. The van der Waals surface area contributed by atoms with Gasteiger partial charge in [0, 0.05) is 7.11 Å². The van der Waals surface area contributed by atoms with E-state index in [4.69, 9.17) is 4.74 Å². The Hall–Kier alpha value is -0.130. The molecule has 0 amide bonds. The molecular weight excluding hydrogens is 178 g/mol. The number of methoxy groups -OCH3 is 1. The van der Waals surface area contributed by atoms with E-state index >= 15 is 0 Å². The lowest BCUT2D eigenvalue weighted by Gasteiger charge is -2.17. The first-order chi connectivity index (χ1) is 5.61. The van der Waals surface area contributed by atoms with E-state index in [2.05, 4.69) is 4.72 Å². The molecule has 1 N–H and O–H groups in total. The zero-order chi connectivity index (χ0) is 9.19. The van der Waals surface area contributed by atoms with Crippen LogP contribution >= 0.6 is 0 Å². The molecule has 5 heteroatoms. The maximum absolute atomic E-state index is 11.4. The van der Waals surface area contributed by atoms with Crippen LogP contribution in [0.5, 0.6) is 0 Å². The molecule has 0 radical (unpaired) electrons. The van der Waals surface area contributed by atoms with Crippen LogP contribution in [0.1, 0.15) is 19.3 Å². The molecule has 72 valence electrons. The maximum atomic E-state index is 11.4. The van der Waals surface area contributed by atoms with Gasteiger partial charge in [-0.25, -0.2) is 13.1 Å². The summed E-state index contributed by atoms with van der Waals surface area (Å²) >= 11 is 0. The highest BCUT2D eigenvalue weighted by Crippen LogP contribution is 2.26. The third-order valence-corrected chi connectivity index (χ3v) is 4.28. The number of ether oxygens (including phenoxy) is 1. The Morgan fingerprint density at radius 2 is 2.08 bits per heavy atom. The molecule has 4 nitrogen and oxygen atoms in total. The molecule has 0 aromatic rings. The van der Waals surface area contributed by atoms with Crippen molar-refractivity contribution >= 4 is 10.0 Å². The SMILES string of the molecule is CNS(=O)(=O)C1CCCC1OC. The van der Waals surface area contributed by atoms with Gasteiger partial charge in [-0.05, 0) is 26.3 Å². The zero-order valence-electron chi connectivity index (χ0n) is 7.41. The number of hydrogen-bond acceptors (Lipinski definition) is 3. The molecule has 2 unspecified atom stereocenters. The van der Waals surface area contributed by atoms with Crippen molar-refractivity contribution < 1.29 is 13.2 Å². The summed E-state index contributed by atoms with van der Waals surface area (Å²) in [6, 6.07) is 0. The van der Waals surface area contributed by atoms with E-state index < -0.39 is 10.0 Å². The van der Waals surface area contributed by atoms with Crippen LogP contribution in [0, 0.1) is 0 Å². The Morgan fingerprint density at radius 1 is 1.42 bits per heavy atom. The monoisotopic (exact) mass is 193 g/mol. The van der Waals surface area contributed by atoms with E-state index in [1.807, 2.05) is 0 Å². The first-order valence-corrected chi connectivity index (χ1v) is 5.61. The van der Waals surface area contributed by atoms with Crippen molar-refractivity contribution in [3.8, 4) is 0 Å². The summed E-state index contributed by atoms with van der Waals surface area (Å²) < 4.78 is 30.2. The van der Waals surface area contributed by atoms with Gasteiger partial charge in [-0.3, -0.25) is 0 Å². The number of rotatable bonds is 3. The molecule has 12 heavy (non-hydrogen) atoms. The normalized spacial score (nSPS) is 30.8. The fraction of sp³-hybridized carbons (Fsp3) is 1.00. The summed E-state index contributed by atoms with van der Waals surface area (Å²) in [6.07, 6.45) is 2.37. The lowest BCUT2D eigenvalue weighted by Crippen LogP contribution is -2.37. The van der Waals surface area contributed by atoms with Crippen LogP contribution in [-0.4, -0.2) is 33.9 Å². The van der Waals surface area contributed by atoms with Crippen LogP contribution in [-0.2, 0) is 14.8 Å². The van der Waals surface area contributed by atoms with Crippen molar-refractivity contribution in [2.45, 2.75) is 30.6 Å². The third kappa shape index (κ3) is 1.78. The van der Waals surface area contributed by atoms with E-state index in [1.165, 1.54) is 7.05 Å². The summed E-state index contributed by atoms with van der Waals surface area (Å²) in [5, 5.41) is -0.354. The predicted octanol–water partition coefficient (Wildman–Crippen LogP) is 0.103. The minimum Gasteiger partial charge on any atom is -0.380 e. The maximum Gasteiger partial charge on any atom is 0.216 e. The molecule has 1 saturated carbocycles. The Labute approximate surface area is 73.3 Å². The van der Waals surface area contributed by atoms with Crippen molar-refractivity contribution in [2.75, 3.05) is 14.2 Å². The fourth-order valence-electron chi connectivity index (χ4n) is 1.67. The van der Waals surface area contributed by atoms with Crippen molar-refractivity contribution in [2.24, 2.45) is 0 Å². The standard InChI is InChI=1S/C7H15NO3S/c1-8-12(9,10)7-5-3-4-6(7)11-2/h6-8H,3-5H2,1-2H3. The van der Waals surface area contributed by atoms with E-state index in [-0.39, 0.29) is 11.4 Å². The summed E-state index contributed by atoms with van der Waals surface area (Å²) in [5.74, 6) is 0. The third-order valence-electron chi connectivity index (χ3n) is 2.38. The van der Waals surface area contributed by atoms with E-state index in [9.17, 15) is 8.42 Å². The van der Waals surface area contributed by atoms with Gasteiger partial charge in [0.05, 0.1) is 6.10 Å². The first-order valence-electron chi connectivity index (χ1n) is 4.07. The summed E-state index contributed by atoms with van der Waals surface area (Å²) in [5.41, 5.74) is 0. The van der Waals surface area contributed by atoms with Gasteiger partial charge >= 0.3 is 0 Å². The molecule has 1 aliphatic carbocycles. The summed E-state index contributed by atoms with van der Waals surface area (Å²) in [6.45, 7) is 0. The van der Waals surface area contributed by atoms with Gasteiger partial charge in [-0.15, -0.1) is 0 Å². The smallest absolute Gasteiger partial charge is 0.216 e. The van der Waals surface area contributed by atoms with Gasteiger partial charge < -0.3 is 4.74 Å². The van der Waals surface area contributed by atoms with E-state index in [1.54, 1.807) is 7.11 Å². The Bertz CT molecular complexity index is 237. The molecule has 1 aliphatic rings. The Balaban J connectivity index is 2.74. The van der Waals surface area contributed by atoms with Gasteiger partial charge in [0.2, 0.25) is 10.0 Å². The lowest BCUT2D eigenvalue weighted by molar-refractivity contribution is 0.111. The Morgan fingerprint density at radius 3 is 2.58 bits per heavy atom. The quantitative estimate of drug-likeness (QED) is 0.691. The summed E-state index contributed by atoms with van der Waals surface area (Å²) in [7, 11) is -0.126. The topological polar surface area (TPSA) is 55.4 Å². The fourth-order valence-corrected chi connectivity index (χ4v) is 3.09. The van der Waals surface area contributed by atoms with Crippen LogP contribution < -0.4 is 4.72 Å². The van der Waals surface area contributed by atoms with Crippen LogP contribution in [0.3, 0.4) is 0 Å². The van der Waals surface area contributed by atoms with Gasteiger partial charge in [0.1, 0.15) is 5.25 Å². The highest BCUT2D eigenvalue weighted by Gasteiger charge is 2.36. The molecule has 0 saturated heterocycles. The average molecular weight is 193 g/mol. The number of hydrogen-bond donors (Lipinski definition) is 1. The van der Waals surface area contributed by atoms with Crippen LogP contribution in [0.25, 0.3) is 0 Å². The van der Waals surface area contributed by atoms with Gasteiger partial charge in [0.25, 0.3) is 0 Å². The molecule has 0 spiro atoms. The van der Waals surface area contributed by atoms with Gasteiger partial charge in [-0.2, -0.15) is 0 Å².